The molecule has 11 nitrogen and oxygen atoms in total. The van der Waals surface area contributed by atoms with Crippen molar-refractivity contribution in [3.05, 3.63) is 58.0 Å². The molecule has 0 aliphatic rings. The van der Waals surface area contributed by atoms with Crippen LogP contribution in [0, 0.1) is 6.92 Å². The number of amides is 1. The van der Waals surface area contributed by atoms with Crippen molar-refractivity contribution in [3.63, 3.8) is 0 Å². The van der Waals surface area contributed by atoms with Gasteiger partial charge in [0.1, 0.15) is 5.69 Å². The first-order valence-electron chi connectivity index (χ1n) is 9.36. The van der Waals surface area contributed by atoms with Crippen LogP contribution in [0.2, 0.25) is 0 Å². The monoisotopic (exact) mass is 450 g/mol. The molecule has 0 saturated carbocycles. The largest absolute Gasteiger partial charge is 0.387 e. The zero-order chi connectivity index (χ0) is 23.3. The van der Waals surface area contributed by atoms with E-state index < -0.39 is 33.6 Å². The summed E-state index contributed by atoms with van der Waals surface area (Å²) in [5, 5.41) is 3.41. The van der Waals surface area contributed by atoms with E-state index in [0.717, 1.165) is 10.1 Å². The fraction of sp³-hybridized carbons (Fsp3) is 0.316. The molecule has 7 N–H and O–H groups in total. The molecule has 12 heteroatoms. The molecule has 0 spiro atoms. The number of benzene rings is 1. The second kappa shape index (κ2) is 9.51. The van der Waals surface area contributed by atoms with Crippen molar-refractivity contribution in [2.45, 2.75) is 44.2 Å². The van der Waals surface area contributed by atoms with Gasteiger partial charge in [-0.05, 0) is 55.3 Å². The zero-order valence-electron chi connectivity index (χ0n) is 17.4. The highest BCUT2D eigenvalue weighted by Crippen LogP contribution is 2.20. The Morgan fingerprint density at radius 2 is 1.90 bits per heavy atom. The van der Waals surface area contributed by atoms with Gasteiger partial charge < -0.3 is 22.0 Å². The molecule has 2 atom stereocenters. The van der Waals surface area contributed by atoms with E-state index in [2.05, 4.69) is 9.88 Å². The quantitative estimate of drug-likeness (QED) is 0.238. The number of nitrogens with zero attached hydrogens (tertiary/aromatic N) is 2. The molecule has 0 fully saturated rings. The van der Waals surface area contributed by atoms with Crippen LogP contribution < -0.4 is 27.5 Å². The van der Waals surface area contributed by atoms with Gasteiger partial charge in [0, 0.05) is 5.69 Å². The van der Waals surface area contributed by atoms with Gasteiger partial charge in [0.15, 0.2) is 12.1 Å². The van der Waals surface area contributed by atoms with Gasteiger partial charge in [-0.15, -0.1) is 0 Å². The van der Waals surface area contributed by atoms with Crippen molar-refractivity contribution in [3.8, 4) is 0 Å². The number of guanidine groups is 1. The van der Waals surface area contributed by atoms with Crippen LogP contribution in [0.3, 0.4) is 0 Å². The predicted octanol–water partition coefficient (Wildman–Crippen LogP) is 0.140. The van der Waals surface area contributed by atoms with Gasteiger partial charge in [-0.1, -0.05) is 19.1 Å². The number of nitrogens with two attached hydrogens (primary N) is 3. The van der Waals surface area contributed by atoms with Crippen molar-refractivity contribution >= 4 is 27.6 Å². The molecule has 1 aromatic heterocycles. The SMILES string of the molecule is CCc1ccc(NS(=O)(=O)c2cccc(C)c2)c(=O)n1C(C(N)=O)C(C)ON=C(N)N. The molecular weight excluding hydrogens is 424 g/mol. The van der Waals surface area contributed by atoms with Crippen LogP contribution in [0.25, 0.3) is 0 Å². The molecule has 1 aromatic carbocycles. The topological polar surface area (TPSA) is 185 Å². The number of nitrogens with one attached hydrogen (secondary N) is 1. The van der Waals surface area contributed by atoms with Gasteiger partial charge in [0.2, 0.25) is 11.9 Å². The molecule has 31 heavy (non-hydrogen) atoms. The summed E-state index contributed by atoms with van der Waals surface area (Å²) in [6.07, 6.45) is -0.662. The second-order valence-electron chi connectivity index (χ2n) is 6.86. The van der Waals surface area contributed by atoms with Crippen LogP contribution in [-0.4, -0.2) is 31.0 Å². The lowest BCUT2D eigenvalue weighted by atomic mass is 10.1. The number of rotatable bonds is 9. The Labute approximate surface area is 179 Å². The number of anilines is 1. The van der Waals surface area contributed by atoms with Crippen molar-refractivity contribution in [1.82, 2.24) is 4.57 Å². The summed E-state index contributed by atoms with van der Waals surface area (Å²) in [4.78, 5) is 30.5. The molecule has 2 rings (SSSR count). The third-order valence-corrected chi connectivity index (χ3v) is 5.81. The molecule has 0 bridgehead atoms. The summed E-state index contributed by atoms with van der Waals surface area (Å²) in [7, 11) is -4.05. The number of primary amides is 1. The Morgan fingerprint density at radius 1 is 1.23 bits per heavy atom. The van der Waals surface area contributed by atoms with E-state index >= 15 is 0 Å². The van der Waals surface area contributed by atoms with Gasteiger partial charge in [0.25, 0.3) is 15.6 Å². The van der Waals surface area contributed by atoms with Crippen LogP contribution in [0.15, 0.2) is 51.2 Å². The fourth-order valence-electron chi connectivity index (χ4n) is 3.02. The van der Waals surface area contributed by atoms with E-state index in [1.54, 1.807) is 26.0 Å². The summed E-state index contributed by atoms with van der Waals surface area (Å²) in [5.41, 5.74) is 16.2. The average molecular weight is 451 g/mol. The highest BCUT2D eigenvalue weighted by Gasteiger charge is 2.31. The Balaban J connectivity index is 2.57. The molecule has 1 heterocycles. The highest BCUT2D eigenvalue weighted by atomic mass is 32.2. The molecule has 0 radical (unpaired) electrons. The lowest BCUT2D eigenvalue weighted by molar-refractivity contribution is -0.125. The molecule has 168 valence electrons. The first kappa shape index (κ1) is 23.7. The highest BCUT2D eigenvalue weighted by molar-refractivity contribution is 7.92. The van der Waals surface area contributed by atoms with Crippen molar-refractivity contribution in [2.75, 3.05) is 4.72 Å². The fourth-order valence-corrected chi connectivity index (χ4v) is 4.18. The lowest BCUT2D eigenvalue weighted by Gasteiger charge is -2.25. The molecule has 2 unspecified atom stereocenters. The number of hydrogen-bond donors (Lipinski definition) is 4. The minimum atomic E-state index is -4.05. The summed E-state index contributed by atoms with van der Waals surface area (Å²) in [5.74, 6) is -1.26. The normalized spacial score (nSPS) is 13.1. The average Bonchev–Trinajstić information content (AvgIpc) is 2.69. The van der Waals surface area contributed by atoms with Gasteiger partial charge in [-0.25, -0.2) is 8.42 Å². The van der Waals surface area contributed by atoms with Gasteiger partial charge in [0.05, 0.1) is 4.90 Å². The summed E-state index contributed by atoms with van der Waals surface area (Å²) in [6, 6.07) is 7.79. The Bertz CT molecular complexity index is 1150. The first-order chi connectivity index (χ1) is 14.5. The minimum absolute atomic E-state index is 0.00562. The maximum atomic E-state index is 13.2. The number of aromatic nitrogens is 1. The van der Waals surface area contributed by atoms with Gasteiger partial charge >= 0.3 is 0 Å². The standard InChI is InChI=1S/C19H26N6O5S/c1-4-13-8-9-15(24-31(28,29)14-7-5-6-11(2)10-14)18(27)25(13)16(17(20)26)12(3)30-23-19(21)22/h5-10,12,16,24H,4H2,1-3H3,(H2,20,26)(H4,21,22,23). The summed E-state index contributed by atoms with van der Waals surface area (Å²) < 4.78 is 28.9. The molecule has 2 aromatic rings. The van der Waals surface area contributed by atoms with Crippen LogP contribution in [0.5, 0.6) is 0 Å². The van der Waals surface area contributed by atoms with Crippen LogP contribution in [-0.2, 0) is 26.1 Å². The minimum Gasteiger partial charge on any atom is -0.387 e. The van der Waals surface area contributed by atoms with Crippen molar-refractivity contribution in [2.24, 2.45) is 22.4 Å². The van der Waals surface area contributed by atoms with Gasteiger partial charge in [-0.2, -0.15) is 0 Å². The number of aryl methyl sites for hydroxylation is 2. The zero-order valence-corrected chi connectivity index (χ0v) is 18.2. The maximum Gasteiger partial charge on any atom is 0.275 e. The third-order valence-electron chi connectivity index (χ3n) is 4.45. The van der Waals surface area contributed by atoms with E-state index in [0.29, 0.717) is 12.1 Å². The van der Waals surface area contributed by atoms with E-state index in [4.69, 9.17) is 22.0 Å². The third kappa shape index (κ3) is 5.54. The lowest BCUT2D eigenvalue weighted by Crippen LogP contribution is -2.43. The van der Waals surface area contributed by atoms with Crippen LogP contribution >= 0.6 is 0 Å². The van der Waals surface area contributed by atoms with E-state index in [1.165, 1.54) is 31.2 Å². The molecule has 0 aliphatic heterocycles. The number of carbonyl (C=O) groups excluding carboxylic acids is 1. The smallest absolute Gasteiger partial charge is 0.275 e. The number of oxime groups is 1. The Kier molecular flexibility index (Phi) is 7.28. The van der Waals surface area contributed by atoms with Crippen LogP contribution in [0.4, 0.5) is 5.69 Å². The number of hydrogen-bond acceptors (Lipinski definition) is 6. The van der Waals surface area contributed by atoms with E-state index in [9.17, 15) is 18.0 Å². The summed E-state index contributed by atoms with van der Waals surface area (Å²) in [6.45, 7) is 4.97. The molecule has 0 aliphatic carbocycles. The maximum absolute atomic E-state index is 13.2. The van der Waals surface area contributed by atoms with E-state index in [-0.39, 0.29) is 16.5 Å². The van der Waals surface area contributed by atoms with Crippen molar-refractivity contribution < 1.29 is 18.0 Å². The molecular formula is C19H26N6O5S. The van der Waals surface area contributed by atoms with Crippen LogP contribution in [0.1, 0.15) is 31.1 Å². The number of carbonyl (C=O) groups is 1. The predicted molar refractivity (Wildman–Crippen MR) is 117 cm³/mol. The van der Waals surface area contributed by atoms with E-state index in [1.807, 2.05) is 0 Å². The molecule has 1 amide bonds. The molecule has 0 saturated heterocycles. The Hall–Kier alpha value is -3.54. The number of pyridine rings is 1. The second-order valence-corrected chi connectivity index (χ2v) is 8.55. The summed E-state index contributed by atoms with van der Waals surface area (Å²) >= 11 is 0. The number of sulfonamides is 1. The van der Waals surface area contributed by atoms with Gasteiger partial charge in [-0.3, -0.25) is 18.9 Å². The first-order valence-corrected chi connectivity index (χ1v) is 10.8. The van der Waals surface area contributed by atoms with Crippen molar-refractivity contribution in [1.29, 1.82) is 0 Å². The Morgan fingerprint density at radius 3 is 2.45 bits per heavy atom.